The number of ketones is 1. The Balaban J connectivity index is 2.82. The van der Waals surface area contributed by atoms with Gasteiger partial charge in [0, 0.05) is 10.8 Å². The first-order valence-corrected chi connectivity index (χ1v) is 3.92. The Hall–Kier alpha value is -1.44. The smallest absolute Gasteiger partial charge is 0.158 e. The highest BCUT2D eigenvalue weighted by atomic mass is 16.1. The molecule has 0 saturated heterocycles. The van der Waals surface area contributed by atoms with Gasteiger partial charge in [0.25, 0.3) is 0 Å². The summed E-state index contributed by atoms with van der Waals surface area (Å²) in [6.07, 6.45) is 0. The van der Waals surface area contributed by atoms with Crippen LogP contribution in [0.2, 0.25) is 0 Å². The Morgan fingerprint density at radius 1 is 1.42 bits per heavy atom. The van der Waals surface area contributed by atoms with Crippen LogP contribution in [-0.2, 0) is 4.79 Å². The lowest BCUT2D eigenvalue weighted by molar-refractivity contribution is -0.112. The van der Waals surface area contributed by atoms with E-state index in [9.17, 15) is 4.79 Å². The van der Waals surface area contributed by atoms with Crippen LogP contribution in [0.15, 0.2) is 29.3 Å². The average molecular weight is 159 g/mol. The Bertz CT molecular complexity index is 445. The first-order chi connectivity index (χ1) is 5.79. The number of carbonyl (C=O) groups excluding carboxylic acids is 1. The van der Waals surface area contributed by atoms with Gasteiger partial charge in [0.15, 0.2) is 5.78 Å². The summed E-state index contributed by atoms with van der Waals surface area (Å²) >= 11 is 0. The SMILES string of the molecule is CC(=O)C1=c2ccccc2=NC1. The molecule has 0 spiro atoms. The topological polar surface area (TPSA) is 29.4 Å². The van der Waals surface area contributed by atoms with E-state index in [1.165, 1.54) is 0 Å². The van der Waals surface area contributed by atoms with Gasteiger partial charge in [-0.05, 0) is 13.0 Å². The summed E-state index contributed by atoms with van der Waals surface area (Å²) in [5.41, 5.74) is 0.839. The zero-order valence-electron chi connectivity index (χ0n) is 6.87. The summed E-state index contributed by atoms with van der Waals surface area (Å²) < 4.78 is 0. The van der Waals surface area contributed by atoms with Gasteiger partial charge in [-0.1, -0.05) is 18.2 Å². The van der Waals surface area contributed by atoms with Crippen molar-refractivity contribution >= 4 is 11.4 Å². The molecule has 1 heterocycles. The molecule has 0 amide bonds. The van der Waals surface area contributed by atoms with E-state index in [2.05, 4.69) is 4.99 Å². The van der Waals surface area contributed by atoms with Crippen LogP contribution in [0.1, 0.15) is 6.92 Å². The average Bonchev–Trinajstić information content (AvgIpc) is 2.47. The van der Waals surface area contributed by atoms with Crippen LogP contribution in [0.5, 0.6) is 0 Å². The maximum Gasteiger partial charge on any atom is 0.158 e. The number of carbonyl (C=O) groups is 1. The lowest BCUT2D eigenvalue weighted by Crippen LogP contribution is -2.23. The summed E-state index contributed by atoms with van der Waals surface area (Å²) in [5, 5.41) is 1.95. The first kappa shape index (κ1) is 7.22. The fourth-order valence-corrected chi connectivity index (χ4v) is 1.42. The minimum Gasteiger partial charge on any atom is -0.295 e. The van der Waals surface area contributed by atoms with E-state index >= 15 is 0 Å². The Morgan fingerprint density at radius 2 is 2.17 bits per heavy atom. The Morgan fingerprint density at radius 3 is 2.92 bits per heavy atom. The van der Waals surface area contributed by atoms with E-state index in [0.29, 0.717) is 6.54 Å². The maximum absolute atomic E-state index is 11.1. The monoisotopic (exact) mass is 159 g/mol. The van der Waals surface area contributed by atoms with Crippen LogP contribution in [0.25, 0.3) is 5.57 Å². The third-order valence-electron chi connectivity index (χ3n) is 2.06. The second-order valence-corrected chi connectivity index (χ2v) is 2.87. The van der Waals surface area contributed by atoms with Crippen molar-refractivity contribution in [1.29, 1.82) is 0 Å². The molecule has 0 aromatic heterocycles. The lowest BCUT2D eigenvalue weighted by atomic mass is 10.1. The van der Waals surface area contributed by atoms with Crippen molar-refractivity contribution in [1.82, 2.24) is 0 Å². The van der Waals surface area contributed by atoms with Gasteiger partial charge >= 0.3 is 0 Å². The van der Waals surface area contributed by atoms with Gasteiger partial charge in [0.1, 0.15) is 0 Å². The third kappa shape index (κ3) is 0.961. The molecule has 60 valence electrons. The Labute approximate surface area is 70.3 Å². The third-order valence-corrected chi connectivity index (χ3v) is 2.06. The quantitative estimate of drug-likeness (QED) is 0.569. The second-order valence-electron chi connectivity index (χ2n) is 2.87. The molecule has 2 rings (SSSR count). The van der Waals surface area contributed by atoms with Crippen LogP contribution in [0.4, 0.5) is 0 Å². The highest BCUT2D eigenvalue weighted by molar-refractivity contribution is 6.14. The summed E-state index contributed by atoms with van der Waals surface area (Å²) in [6.45, 7) is 2.14. The largest absolute Gasteiger partial charge is 0.295 e. The zero-order chi connectivity index (χ0) is 8.55. The zero-order valence-corrected chi connectivity index (χ0v) is 6.87. The standard InChI is InChI=1S/C10H9NO/c1-7(12)9-6-11-10-5-3-2-4-8(9)10/h2-5H,6H2,1H3. The summed E-state index contributed by atoms with van der Waals surface area (Å²) in [4.78, 5) is 15.4. The highest BCUT2D eigenvalue weighted by Crippen LogP contribution is 1.97. The highest BCUT2D eigenvalue weighted by Gasteiger charge is 2.09. The van der Waals surface area contributed by atoms with Crippen molar-refractivity contribution < 1.29 is 4.79 Å². The molecule has 2 heteroatoms. The molecule has 0 radical (unpaired) electrons. The van der Waals surface area contributed by atoms with Crippen molar-refractivity contribution in [2.75, 3.05) is 6.54 Å². The normalized spacial score (nSPS) is 13.9. The van der Waals surface area contributed by atoms with Crippen LogP contribution < -0.4 is 10.6 Å². The van der Waals surface area contributed by atoms with Gasteiger partial charge in [0.05, 0.1) is 11.9 Å². The molecule has 1 aromatic carbocycles. The van der Waals surface area contributed by atoms with E-state index in [-0.39, 0.29) is 5.78 Å². The fraction of sp³-hybridized carbons (Fsp3) is 0.200. The van der Waals surface area contributed by atoms with Gasteiger partial charge in [-0.15, -0.1) is 0 Å². The van der Waals surface area contributed by atoms with Gasteiger partial charge in [-0.2, -0.15) is 0 Å². The number of nitrogens with zero attached hydrogens (tertiary/aromatic N) is 1. The van der Waals surface area contributed by atoms with Crippen molar-refractivity contribution in [3.05, 3.63) is 34.8 Å². The molecule has 0 aliphatic carbocycles. The summed E-state index contributed by atoms with van der Waals surface area (Å²) in [5.74, 6) is 0.128. The van der Waals surface area contributed by atoms with Crippen molar-refractivity contribution in [2.24, 2.45) is 4.99 Å². The number of hydrogen-bond acceptors (Lipinski definition) is 2. The molecular formula is C10H9NO. The minimum absolute atomic E-state index is 0.128. The number of Topliss-reactive ketones (excluding diaryl/α,β-unsaturated/α-hetero) is 1. The van der Waals surface area contributed by atoms with E-state index in [1.807, 2.05) is 24.3 Å². The number of rotatable bonds is 1. The Kier molecular flexibility index (Phi) is 1.54. The minimum atomic E-state index is 0.128. The van der Waals surface area contributed by atoms with Gasteiger partial charge < -0.3 is 0 Å². The van der Waals surface area contributed by atoms with Crippen molar-refractivity contribution in [2.45, 2.75) is 6.92 Å². The molecule has 0 unspecified atom stereocenters. The van der Waals surface area contributed by atoms with E-state index in [1.54, 1.807) is 6.92 Å². The summed E-state index contributed by atoms with van der Waals surface area (Å²) in [6, 6.07) is 7.75. The van der Waals surface area contributed by atoms with Gasteiger partial charge in [0.2, 0.25) is 0 Å². The molecule has 0 bridgehead atoms. The molecule has 0 atom stereocenters. The molecule has 1 aliphatic rings. The number of hydrogen-bond donors (Lipinski definition) is 0. The number of para-hydroxylation sites is 1. The molecule has 2 nitrogen and oxygen atoms in total. The lowest BCUT2D eigenvalue weighted by Gasteiger charge is -1.90. The van der Waals surface area contributed by atoms with Crippen molar-refractivity contribution in [3.8, 4) is 0 Å². The molecule has 12 heavy (non-hydrogen) atoms. The van der Waals surface area contributed by atoms with Gasteiger partial charge in [-0.25, -0.2) is 0 Å². The van der Waals surface area contributed by atoms with Crippen LogP contribution in [0.3, 0.4) is 0 Å². The molecule has 0 N–H and O–H groups in total. The first-order valence-electron chi connectivity index (χ1n) is 3.92. The predicted molar refractivity (Wildman–Crippen MR) is 46.2 cm³/mol. The molecule has 0 saturated carbocycles. The summed E-state index contributed by atoms with van der Waals surface area (Å²) in [7, 11) is 0. The molecule has 0 fully saturated rings. The molecule has 1 aromatic rings. The van der Waals surface area contributed by atoms with Crippen LogP contribution >= 0.6 is 0 Å². The van der Waals surface area contributed by atoms with E-state index < -0.39 is 0 Å². The van der Waals surface area contributed by atoms with Crippen LogP contribution in [0, 0.1) is 0 Å². The van der Waals surface area contributed by atoms with E-state index in [0.717, 1.165) is 16.1 Å². The van der Waals surface area contributed by atoms with E-state index in [4.69, 9.17) is 0 Å². The molecular weight excluding hydrogens is 150 g/mol. The van der Waals surface area contributed by atoms with Gasteiger partial charge in [-0.3, -0.25) is 9.79 Å². The predicted octanol–water partition coefficient (Wildman–Crippen LogP) is 0.0595. The van der Waals surface area contributed by atoms with Crippen molar-refractivity contribution in [3.63, 3.8) is 0 Å². The van der Waals surface area contributed by atoms with Crippen LogP contribution in [-0.4, -0.2) is 12.3 Å². The molecule has 1 aliphatic heterocycles. The second kappa shape index (κ2) is 2.55. The maximum atomic E-state index is 11.1. The fourth-order valence-electron chi connectivity index (χ4n) is 1.42. The number of fused-ring (bicyclic) bond motifs is 1. The number of benzene rings is 1.